The van der Waals surface area contributed by atoms with E-state index in [1.165, 1.54) is 0 Å². The molecular formula is C13H13F3O4S. The van der Waals surface area contributed by atoms with Gasteiger partial charge >= 0.3 is 6.18 Å². The quantitative estimate of drug-likeness (QED) is 0.851. The number of ether oxygens (including phenoxy) is 1. The van der Waals surface area contributed by atoms with Crippen molar-refractivity contribution in [3.05, 3.63) is 29.8 Å². The number of carbonyl (C=O) groups is 1. The molecule has 1 atom stereocenters. The Morgan fingerprint density at radius 1 is 1.24 bits per heavy atom. The van der Waals surface area contributed by atoms with E-state index in [9.17, 15) is 26.4 Å². The van der Waals surface area contributed by atoms with Gasteiger partial charge in [0.15, 0.2) is 15.6 Å². The average Bonchev–Trinajstić information content (AvgIpc) is 2.91. The number of carbonyl (C=O) groups excluding carboxylic acids is 1. The average molecular weight is 322 g/mol. The van der Waals surface area contributed by atoms with E-state index in [4.69, 9.17) is 4.74 Å². The van der Waals surface area contributed by atoms with Crippen molar-refractivity contribution in [2.45, 2.75) is 17.5 Å². The second kappa shape index (κ2) is 5.76. The summed E-state index contributed by atoms with van der Waals surface area (Å²) >= 11 is 0. The zero-order chi connectivity index (χ0) is 15.7. The zero-order valence-electron chi connectivity index (χ0n) is 10.9. The summed E-state index contributed by atoms with van der Waals surface area (Å²) in [5.74, 6) is -1.63. The van der Waals surface area contributed by atoms with Crippen molar-refractivity contribution in [3.63, 3.8) is 0 Å². The molecule has 0 aliphatic carbocycles. The Bertz CT molecular complexity index is 614. The first-order valence-electron chi connectivity index (χ1n) is 6.20. The molecule has 2 rings (SSSR count). The summed E-state index contributed by atoms with van der Waals surface area (Å²) in [6.45, 7) is 0.609. The van der Waals surface area contributed by atoms with Gasteiger partial charge in [0, 0.05) is 12.5 Å². The number of ketones is 1. The molecule has 1 fully saturated rings. The first-order valence-corrected chi connectivity index (χ1v) is 7.86. The van der Waals surface area contributed by atoms with Gasteiger partial charge in [-0.15, -0.1) is 0 Å². The summed E-state index contributed by atoms with van der Waals surface area (Å²) in [6, 6.07) is 3.12. The van der Waals surface area contributed by atoms with Gasteiger partial charge in [0.05, 0.1) is 17.1 Å². The zero-order valence-corrected chi connectivity index (χ0v) is 11.7. The number of halogens is 3. The Morgan fingerprint density at radius 3 is 2.33 bits per heavy atom. The fraction of sp³-hybridized carbons (Fsp3) is 0.462. The van der Waals surface area contributed by atoms with Crippen LogP contribution in [0.25, 0.3) is 0 Å². The Morgan fingerprint density at radius 2 is 1.86 bits per heavy atom. The molecule has 0 amide bonds. The number of sulfone groups is 1. The van der Waals surface area contributed by atoms with E-state index < -0.39 is 39.0 Å². The molecule has 4 nitrogen and oxygen atoms in total. The van der Waals surface area contributed by atoms with Crippen LogP contribution in [0, 0.1) is 5.92 Å². The van der Waals surface area contributed by atoms with Gasteiger partial charge in [-0.05, 0) is 30.7 Å². The number of hydrogen-bond acceptors (Lipinski definition) is 4. The van der Waals surface area contributed by atoms with E-state index in [2.05, 4.69) is 0 Å². The van der Waals surface area contributed by atoms with Crippen molar-refractivity contribution in [1.29, 1.82) is 0 Å². The fourth-order valence-corrected chi connectivity index (χ4v) is 3.36. The standard InChI is InChI=1S/C13H13F3O4S/c14-13(15,16)10-1-3-11(4-2-10)21(18,19)8-12(17)9-5-6-20-7-9/h1-4,9H,5-8H2. The molecule has 0 bridgehead atoms. The molecule has 1 saturated heterocycles. The van der Waals surface area contributed by atoms with E-state index in [-0.39, 0.29) is 11.5 Å². The normalized spacial score (nSPS) is 19.7. The molecule has 1 aromatic rings. The maximum Gasteiger partial charge on any atom is 0.416 e. The predicted octanol–water partition coefficient (Wildman–Crippen LogP) is 2.08. The van der Waals surface area contributed by atoms with Crippen LogP contribution in [0.4, 0.5) is 13.2 Å². The van der Waals surface area contributed by atoms with Crippen LogP contribution in [0.5, 0.6) is 0 Å². The van der Waals surface area contributed by atoms with E-state index in [0.717, 1.165) is 12.1 Å². The van der Waals surface area contributed by atoms with E-state index in [1.807, 2.05) is 0 Å². The first-order chi connectivity index (χ1) is 9.70. The maximum absolute atomic E-state index is 12.4. The monoisotopic (exact) mass is 322 g/mol. The number of benzene rings is 1. The van der Waals surface area contributed by atoms with E-state index >= 15 is 0 Å². The van der Waals surface area contributed by atoms with Crippen LogP contribution < -0.4 is 0 Å². The summed E-state index contributed by atoms with van der Waals surface area (Å²) < 4.78 is 66.3. The van der Waals surface area contributed by atoms with Gasteiger partial charge in [-0.1, -0.05) is 0 Å². The van der Waals surface area contributed by atoms with Gasteiger partial charge in [0.1, 0.15) is 5.75 Å². The lowest BCUT2D eigenvalue weighted by Gasteiger charge is -2.09. The van der Waals surface area contributed by atoms with Crippen LogP contribution in [0.3, 0.4) is 0 Å². The van der Waals surface area contributed by atoms with E-state index in [0.29, 0.717) is 25.2 Å². The first kappa shape index (κ1) is 16.0. The van der Waals surface area contributed by atoms with Crippen LogP contribution >= 0.6 is 0 Å². The Balaban J connectivity index is 2.14. The Kier molecular flexibility index (Phi) is 4.38. The number of rotatable bonds is 4. The summed E-state index contributed by atoms with van der Waals surface area (Å²) in [5, 5.41) is 0. The highest BCUT2D eigenvalue weighted by Crippen LogP contribution is 2.30. The summed E-state index contributed by atoms with van der Waals surface area (Å²) in [4.78, 5) is 11.5. The third-order valence-electron chi connectivity index (χ3n) is 3.26. The van der Waals surface area contributed by atoms with E-state index in [1.54, 1.807) is 0 Å². The molecule has 1 aliphatic heterocycles. The SMILES string of the molecule is O=C(CS(=O)(=O)c1ccc(C(F)(F)F)cc1)C1CCOC1. The minimum atomic E-state index is -4.53. The van der Waals surface area contributed by atoms with Gasteiger partial charge in [-0.25, -0.2) is 8.42 Å². The molecule has 8 heteroatoms. The summed E-state index contributed by atoms with van der Waals surface area (Å²) in [7, 11) is -3.93. The molecular weight excluding hydrogens is 309 g/mol. The van der Waals surface area contributed by atoms with Crippen molar-refractivity contribution in [2.24, 2.45) is 5.92 Å². The maximum atomic E-state index is 12.4. The highest BCUT2D eigenvalue weighted by molar-refractivity contribution is 7.92. The Hall–Kier alpha value is -1.41. The van der Waals surface area contributed by atoms with Crippen LogP contribution in [0.15, 0.2) is 29.2 Å². The number of Topliss-reactive ketones (excluding diaryl/α,β-unsaturated/α-hetero) is 1. The highest BCUT2D eigenvalue weighted by Gasteiger charge is 2.32. The molecule has 0 spiro atoms. The largest absolute Gasteiger partial charge is 0.416 e. The van der Waals surface area contributed by atoms with Gasteiger partial charge in [-0.2, -0.15) is 13.2 Å². The highest BCUT2D eigenvalue weighted by atomic mass is 32.2. The lowest BCUT2D eigenvalue weighted by molar-refractivity contribution is -0.137. The van der Waals surface area contributed by atoms with Gasteiger partial charge in [0.2, 0.25) is 0 Å². The third kappa shape index (κ3) is 3.82. The number of alkyl halides is 3. The van der Waals surface area contributed by atoms with Gasteiger partial charge in [-0.3, -0.25) is 4.79 Å². The lowest BCUT2D eigenvalue weighted by atomic mass is 10.1. The van der Waals surface area contributed by atoms with Crippen molar-refractivity contribution in [2.75, 3.05) is 19.0 Å². The van der Waals surface area contributed by atoms with Crippen molar-refractivity contribution >= 4 is 15.6 Å². The molecule has 1 unspecified atom stereocenters. The minimum absolute atomic E-state index is 0.196. The molecule has 21 heavy (non-hydrogen) atoms. The molecule has 0 N–H and O–H groups in total. The summed E-state index contributed by atoms with van der Waals surface area (Å²) in [6.07, 6.45) is -4.05. The van der Waals surface area contributed by atoms with Gasteiger partial charge < -0.3 is 4.74 Å². The van der Waals surface area contributed by atoms with Crippen LogP contribution in [-0.4, -0.2) is 33.2 Å². The van der Waals surface area contributed by atoms with Crippen LogP contribution in [0.2, 0.25) is 0 Å². The topological polar surface area (TPSA) is 60.4 Å². The lowest BCUT2D eigenvalue weighted by Crippen LogP contribution is -2.24. The minimum Gasteiger partial charge on any atom is -0.381 e. The van der Waals surface area contributed by atoms with Crippen LogP contribution in [-0.2, 0) is 25.5 Å². The number of hydrogen-bond donors (Lipinski definition) is 0. The van der Waals surface area contributed by atoms with Crippen LogP contribution in [0.1, 0.15) is 12.0 Å². The smallest absolute Gasteiger partial charge is 0.381 e. The molecule has 0 saturated carbocycles. The molecule has 116 valence electrons. The van der Waals surface area contributed by atoms with Gasteiger partial charge in [0.25, 0.3) is 0 Å². The molecule has 1 aliphatic rings. The van der Waals surface area contributed by atoms with Crippen molar-refractivity contribution in [1.82, 2.24) is 0 Å². The molecule has 0 radical (unpaired) electrons. The summed E-state index contributed by atoms with van der Waals surface area (Å²) in [5.41, 5.74) is -0.933. The second-order valence-corrected chi connectivity index (χ2v) is 6.80. The fourth-order valence-electron chi connectivity index (χ4n) is 2.03. The molecule has 1 heterocycles. The Labute approximate surface area is 119 Å². The van der Waals surface area contributed by atoms with Crippen molar-refractivity contribution < 1.29 is 31.1 Å². The predicted molar refractivity (Wildman–Crippen MR) is 67.4 cm³/mol. The molecule has 1 aromatic carbocycles. The van der Waals surface area contributed by atoms with Crippen molar-refractivity contribution in [3.8, 4) is 0 Å². The third-order valence-corrected chi connectivity index (χ3v) is 4.91. The molecule has 0 aromatic heterocycles. The second-order valence-electron chi connectivity index (χ2n) is 4.81.